The molecule has 1 aliphatic carbocycles. The molecule has 3 nitrogen and oxygen atoms in total. The summed E-state index contributed by atoms with van der Waals surface area (Å²) >= 11 is 5.66. The molecular weight excluding hydrogens is 200 g/mol. The SMILES string of the molecule is N[C@@H](c1ccc(Cl)nc1)[C@H](O)C1CC1. The van der Waals surface area contributed by atoms with Crippen molar-refractivity contribution in [3.8, 4) is 0 Å². The summed E-state index contributed by atoms with van der Waals surface area (Å²) in [4.78, 5) is 3.94. The van der Waals surface area contributed by atoms with Crippen molar-refractivity contribution in [1.29, 1.82) is 0 Å². The minimum absolute atomic E-state index is 0.340. The molecule has 1 saturated carbocycles. The predicted molar refractivity (Wildman–Crippen MR) is 54.9 cm³/mol. The maximum Gasteiger partial charge on any atom is 0.129 e. The number of pyridine rings is 1. The summed E-state index contributed by atoms with van der Waals surface area (Å²) in [6, 6.07) is 3.16. The molecule has 2 rings (SSSR count). The quantitative estimate of drug-likeness (QED) is 0.747. The van der Waals surface area contributed by atoms with Crippen LogP contribution in [0.3, 0.4) is 0 Å². The highest BCUT2D eigenvalue weighted by atomic mass is 35.5. The van der Waals surface area contributed by atoms with E-state index in [4.69, 9.17) is 17.3 Å². The summed E-state index contributed by atoms with van der Waals surface area (Å²) < 4.78 is 0. The van der Waals surface area contributed by atoms with Gasteiger partial charge in [-0.05, 0) is 30.4 Å². The molecule has 3 N–H and O–H groups in total. The van der Waals surface area contributed by atoms with Crippen molar-refractivity contribution in [3.05, 3.63) is 29.0 Å². The van der Waals surface area contributed by atoms with Gasteiger partial charge >= 0.3 is 0 Å². The molecule has 0 unspecified atom stereocenters. The highest BCUT2D eigenvalue weighted by molar-refractivity contribution is 6.29. The van der Waals surface area contributed by atoms with Crippen LogP contribution in [0.25, 0.3) is 0 Å². The van der Waals surface area contributed by atoms with Crippen LogP contribution in [0.2, 0.25) is 5.15 Å². The molecular formula is C10H13ClN2O. The number of rotatable bonds is 3. The van der Waals surface area contributed by atoms with Crippen LogP contribution in [-0.4, -0.2) is 16.2 Å². The lowest BCUT2D eigenvalue weighted by atomic mass is 10.0. The van der Waals surface area contributed by atoms with Crippen LogP contribution in [0, 0.1) is 5.92 Å². The van der Waals surface area contributed by atoms with Crippen LogP contribution in [0.15, 0.2) is 18.3 Å². The number of aliphatic hydroxyl groups is 1. The van der Waals surface area contributed by atoms with E-state index in [2.05, 4.69) is 4.98 Å². The van der Waals surface area contributed by atoms with Crippen LogP contribution in [0.4, 0.5) is 0 Å². The highest BCUT2D eigenvalue weighted by Gasteiger charge is 2.34. The third-order valence-electron chi connectivity index (χ3n) is 2.61. The summed E-state index contributed by atoms with van der Waals surface area (Å²) in [5.41, 5.74) is 6.74. The van der Waals surface area contributed by atoms with Crippen LogP contribution in [0.1, 0.15) is 24.4 Å². The molecule has 0 radical (unpaired) electrons. The maximum atomic E-state index is 9.79. The zero-order valence-corrected chi connectivity index (χ0v) is 8.48. The van der Waals surface area contributed by atoms with E-state index in [-0.39, 0.29) is 6.04 Å². The number of aromatic nitrogens is 1. The zero-order valence-electron chi connectivity index (χ0n) is 7.73. The summed E-state index contributed by atoms with van der Waals surface area (Å²) in [7, 11) is 0. The Balaban J connectivity index is 2.09. The van der Waals surface area contributed by atoms with Gasteiger partial charge < -0.3 is 10.8 Å². The van der Waals surface area contributed by atoms with Crippen molar-refractivity contribution >= 4 is 11.6 Å². The van der Waals surface area contributed by atoms with Crippen molar-refractivity contribution in [1.82, 2.24) is 4.98 Å². The van der Waals surface area contributed by atoms with Gasteiger partial charge in [-0.1, -0.05) is 17.7 Å². The number of hydrogen-bond donors (Lipinski definition) is 2. The first-order chi connectivity index (χ1) is 6.68. The van der Waals surface area contributed by atoms with Gasteiger partial charge in [-0.2, -0.15) is 0 Å². The third-order valence-corrected chi connectivity index (χ3v) is 2.83. The highest BCUT2D eigenvalue weighted by Crippen LogP contribution is 2.37. The Morgan fingerprint density at radius 1 is 1.50 bits per heavy atom. The Bertz CT molecular complexity index is 310. The van der Waals surface area contributed by atoms with Crippen LogP contribution < -0.4 is 5.73 Å². The van der Waals surface area contributed by atoms with Gasteiger partial charge in [0.1, 0.15) is 5.15 Å². The topological polar surface area (TPSA) is 59.1 Å². The first kappa shape index (κ1) is 9.90. The van der Waals surface area contributed by atoms with Gasteiger partial charge in [-0.25, -0.2) is 4.98 Å². The lowest BCUT2D eigenvalue weighted by Crippen LogP contribution is -2.27. The molecule has 1 aliphatic rings. The van der Waals surface area contributed by atoms with E-state index in [0.29, 0.717) is 11.1 Å². The molecule has 0 bridgehead atoms. The largest absolute Gasteiger partial charge is 0.391 e. The maximum absolute atomic E-state index is 9.79. The number of nitrogens with zero attached hydrogens (tertiary/aromatic N) is 1. The molecule has 0 aromatic carbocycles. The van der Waals surface area contributed by atoms with Gasteiger partial charge in [-0.3, -0.25) is 0 Å². The number of halogens is 1. The summed E-state index contributed by atoms with van der Waals surface area (Å²) in [5.74, 6) is 0.376. The minimum atomic E-state index is -0.446. The fourth-order valence-corrected chi connectivity index (χ4v) is 1.62. The third kappa shape index (κ3) is 2.05. The monoisotopic (exact) mass is 212 g/mol. The van der Waals surface area contributed by atoms with E-state index in [0.717, 1.165) is 18.4 Å². The molecule has 1 aromatic rings. The van der Waals surface area contributed by atoms with Crippen molar-refractivity contribution in [2.24, 2.45) is 11.7 Å². The van der Waals surface area contributed by atoms with E-state index in [1.807, 2.05) is 6.07 Å². The molecule has 0 spiro atoms. The molecule has 0 saturated heterocycles. The lowest BCUT2D eigenvalue weighted by molar-refractivity contribution is 0.122. The average molecular weight is 213 g/mol. The smallest absolute Gasteiger partial charge is 0.129 e. The Labute approximate surface area is 87.9 Å². The second-order valence-electron chi connectivity index (χ2n) is 3.77. The van der Waals surface area contributed by atoms with E-state index >= 15 is 0 Å². The minimum Gasteiger partial charge on any atom is -0.391 e. The van der Waals surface area contributed by atoms with Gasteiger partial charge in [0.2, 0.25) is 0 Å². The molecule has 4 heteroatoms. The number of aliphatic hydroxyl groups excluding tert-OH is 1. The standard InChI is InChI=1S/C10H13ClN2O/c11-8-4-3-7(5-13-8)9(12)10(14)6-1-2-6/h3-6,9-10,14H,1-2,12H2/t9-,10+/m0/s1. The Morgan fingerprint density at radius 2 is 2.21 bits per heavy atom. The predicted octanol–water partition coefficient (Wildman–Crippen LogP) is 1.51. The normalized spacial score (nSPS) is 20.5. The molecule has 14 heavy (non-hydrogen) atoms. The van der Waals surface area contributed by atoms with Gasteiger partial charge in [0, 0.05) is 6.20 Å². The van der Waals surface area contributed by atoms with E-state index < -0.39 is 6.10 Å². The van der Waals surface area contributed by atoms with Crippen molar-refractivity contribution in [2.75, 3.05) is 0 Å². The second kappa shape index (κ2) is 3.85. The molecule has 1 fully saturated rings. The fourth-order valence-electron chi connectivity index (χ4n) is 1.51. The molecule has 2 atom stereocenters. The van der Waals surface area contributed by atoms with Crippen LogP contribution >= 0.6 is 11.6 Å². The van der Waals surface area contributed by atoms with Crippen molar-refractivity contribution < 1.29 is 5.11 Å². The molecule has 76 valence electrons. The molecule has 0 amide bonds. The first-order valence-corrected chi connectivity index (χ1v) is 5.11. The van der Waals surface area contributed by atoms with Crippen molar-refractivity contribution in [3.63, 3.8) is 0 Å². The second-order valence-corrected chi connectivity index (χ2v) is 4.16. The van der Waals surface area contributed by atoms with Crippen molar-refractivity contribution in [2.45, 2.75) is 25.0 Å². The van der Waals surface area contributed by atoms with Gasteiger partial charge in [0.25, 0.3) is 0 Å². The van der Waals surface area contributed by atoms with Crippen LogP contribution in [-0.2, 0) is 0 Å². The molecule has 1 aromatic heterocycles. The summed E-state index contributed by atoms with van der Waals surface area (Å²) in [6.45, 7) is 0. The van der Waals surface area contributed by atoms with Gasteiger partial charge in [0.05, 0.1) is 12.1 Å². The summed E-state index contributed by atoms with van der Waals surface area (Å²) in [5, 5.41) is 10.2. The average Bonchev–Trinajstić information content (AvgIpc) is 3.00. The molecule has 0 aliphatic heterocycles. The fraction of sp³-hybridized carbons (Fsp3) is 0.500. The first-order valence-electron chi connectivity index (χ1n) is 4.73. The lowest BCUT2D eigenvalue weighted by Gasteiger charge is -2.18. The van der Waals surface area contributed by atoms with Crippen LogP contribution in [0.5, 0.6) is 0 Å². The van der Waals surface area contributed by atoms with Gasteiger partial charge in [-0.15, -0.1) is 0 Å². The Kier molecular flexibility index (Phi) is 2.72. The zero-order chi connectivity index (χ0) is 10.1. The number of hydrogen-bond acceptors (Lipinski definition) is 3. The van der Waals surface area contributed by atoms with E-state index in [9.17, 15) is 5.11 Å². The molecule has 1 heterocycles. The van der Waals surface area contributed by atoms with E-state index in [1.54, 1.807) is 12.3 Å². The number of nitrogens with two attached hydrogens (primary N) is 1. The Hall–Kier alpha value is -0.640. The Morgan fingerprint density at radius 3 is 2.71 bits per heavy atom. The van der Waals surface area contributed by atoms with E-state index in [1.165, 1.54) is 0 Å². The summed E-state index contributed by atoms with van der Waals surface area (Å²) in [6.07, 6.45) is 3.34. The van der Waals surface area contributed by atoms with Gasteiger partial charge in [0.15, 0.2) is 0 Å².